The number of hydrogen-bond acceptors (Lipinski definition) is 8. The first-order valence-electron chi connectivity index (χ1n) is 11.1. The number of nitrogens with zero attached hydrogens (tertiary/aromatic N) is 2. The van der Waals surface area contributed by atoms with Gasteiger partial charge in [-0.25, -0.2) is 0 Å². The van der Waals surface area contributed by atoms with Gasteiger partial charge in [-0.2, -0.15) is 0 Å². The Labute approximate surface area is 226 Å². The quantitative estimate of drug-likeness (QED) is 0.209. The Kier molecular flexibility index (Phi) is 8.29. The molecular formula is C26H20ClN3O7S. The molecule has 3 aromatic carbocycles. The van der Waals surface area contributed by atoms with Crippen LogP contribution in [0.4, 0.5) is 16.2 Å². The number of anilines is 1. The maximum absolute atomic E-state index is 12.8. The molecule has 38 heavy (non-hydrogen) atoms. The maximum atomic E-state index is 12.8. The fourth-order valence-electron chi connectivity index (χ4n) is 3.47. The van der Waals surface area contributed by atoms with Gasteiger partial charge >= 0.3 is 0 Å². The van der Waals surface area contributed by atoms with Gasteiger partial charge < -0.3 is 14.8 Å². The van der Waals surface area contributed by atoms with Crippen LogP contribution < -0.4 is 14.8 Å². The van der Waals surface area contributed by atoms with Gasteiger partial charge in [0.1, 0.15) is 13.2 Å². The van der Waals surface area contributed by atoms with Gasteiger partial charge in [-0.05, 0) is 71.4 Å². The van der Waals surface area contributed by atoms with E-state index in [4.69, 9.17) is 21.1 Å². The third-order valence-electron chi connectivity index (χ3n) is 5.31. The molecule has 1 heterocycles. The molecule has 4 rings (SSSR count). The summed E-state index contributed by atoms with van der Waals surface area (Å²) in [4.78, 5) is 49.0. The molecule has 0 saturated carbocycles. The molecule has 3 aromatic rings. The van der Waals surface area contributed by atoms with E-state index in [1.54, 1.807) is 54.6 Å². The summed E-state index contributed by atoms with van der Waals surface area (Å²) < 4.78 is 11.2. The van der Waals surface area contributed by atoms with Crippen molar-refractivity contribution >= 4 is 57.9 Å². The van der Waals surface area contributed by atoms with Gasteiger partial charge in [0.15, 0.2) is 11.5 Å². The van der Waals surface area contributed by atoms with Crippen LogP contribution in [-0.2, 0) is 16.2 Å². The molecule has 194 valence electrons. The first kappa shape index (κ1) is 26.7. The number of non-ortho nitro benzene ring substituents is 1. The second kappa shape index (κ2) is 11.8. The van der Waals surface area contributed by atoms with Gasteiger partial charge in [-0.3, -0.25) is 29.4 Å². The molecule has 1 aliphatic rings. The SMILES string of the molecule is COc1cc(/C=C2/SC(=O)N(CC(=O)Nc3cccc(Cl)c3)C2=O)ccc1OCc1ccc([N+](=O)[O-])cc1. The Morgan fingerprint density at radius 1 is 1.11 bits per heavy atom. The molecule has 0 radical (unpaired) electrons. The molecule has 0 atom stereocenters. The lowest BCUT2D eigenvalue weighted by molar-refractivity contribution is -0.384. The van der Waals surface area contributed by atoms with Gasteiger partial charge in [-0.15, -0.1) is 0 Å². The predicted octanol–water partition coefficient (Wildman–Crippen LogP) is 5.51. The minimum absolute atomic E-state index is 0.0122. The summed E-state index contributed by atoms with van der Waals surface area (Å²) in [5.41, 5.74) is 1.75. The topological polar surface area (TPSA) is 128 Å². The molecular weight excluding hydrogens is 534 g/mol. The van der Waals surface area contributed by atoms with Gasteiger partial charge in [-0.1, -0.05) is 23.7 Å². The van der Waals surface area contributed by atoms with Crippen LogP contribution in [0, 0.1) is 10.1 Å². The summed E-state index contributed by atoms with van der Waals surface area (Å²) >= 11 is 6.65. The number of benzene rings is 3. The highest BCUT2D eigenvalue weighted by Gasteiger charge is 2.36. The van der Waals surface area contributed by atoms with Crippen LogP contribution in [0.1, 0.15) is 11.1 Å². The smallest absolute Gasteiger partial charge is 0.294 e. The maximum Gasteiger partial charge on any atom is 0.294 e. The number of methoxy groups -OCH3 is 1. The zero-order valence-electron chi connectivity index (χ0n) is 19.9. The van der Waals surface area contributed by atoms with E-state index < -0.39 is 28.5 Å². The van der Waals surface area contributed by atoms with E-state index in [0.29, 0.717) is 27.8 Å². The van der Waals surface area contributed by atoms with Gasteiger partial charge in [0, 0.05) is 22.8 Å². The van der Waals surface area contributed by atoms with Crippen LogP contribution in [-0.4, -0.2) is 40.5 Å². The summed E-state index contributed by atoms with van der Waals surface area (Å²) in [5.74, 6) is -0.305. The number of nitrogens with one attached hydrogen (secondary N) is 1. The van der Waals surface area contributed by atoms with Crippen molar-refractivity contribution in [1.29, 1.82) is 0 Å². The number of carbonyl (C=O) groups excluding carboxylic acids is 3. The zero-order chi connectivity index (χ0) is 27.2. The normalized spacial score (nSPS) is 14.1. The number of thioether (sulfide) groups is 1. The lowest BCUT2D eigenvalue weighted by Gasteiger charge is -2.13. The number of rotatable bonds is 9. The third-order valence-corrected chi connectivity index (χ3v) is 6.45. The summed E-state index contributed by atoms with van der Waals surface area (Å²) in [6.45, 7) is -0.281. The van der Waals surface area contributed by atoms with Gasteiger partial charge in [0.05, 0.1) is 16.9 Å². The number of carbonyl (C=O) groups is 3. The number of nitro benzene ring substituents is 1. The number of hydrogen-bond donors (Lipinski definition) is 1. The van der Waals surface area contributed by atoms with E-state index in [9.17, 15) is 24.5 Å². The summed E-state index contributed by atoms with van der Waals surface area (Å²) in [5, 5.41) is 13.3. The summed E-state index contributed by atoms with van der Waals surface area (Å²) in [7, 11) is 1.46. The molecule has 1 N–H and O–H groups in total. The van der Waals surface area contributed by atoms with Crippen LogP contribution >= 0.6 is 23.4 Å². The fraction of sp³-hybridized carbons (Fsp3) is 0.115. The van der Waals surface area contributed by atoms with E-state index >= 15 is 0 Å². The highest BCUT2D eigenvalue weighted by atomic mass is 35.5. The molecule has 0 aliphatic carbocycles. The summed E-state index contributed by atoms with van der Waals surface area (Å²) in [6.07, 6.45) is 1.53. The minimum Gasteiger partial charge on any atom is -0.493 e. The second-order valence-corrected chi connectivity index (χ2v) is 9.38. The van der Waals surface area contributed by atoms with Crippen LogP contribution in [0.3, 0.4) is 0 Å². The summed E-state index contributed by atoms with van der Waals surface area (Å²) in [6, 6.07) is 17.5. The molecule has 0 unspecified atom stereocenters. The Hall–Kier alpha value is -4.35. The third kappa shape index (κ3) is 6.50. The first-order valence-corrected chi connectivity index (χ1v) is 12.3. The highest BCUT2D eigenvalue weighted by molar-refractivity contribution is 8.18. The minimum atomic E-state index is -0.585. The van der Waals surface area contributed by atoms with Crippen molar-refractivity contribution in [3.63, 3.8) is 0 Å². The molecule has 1 aliphatic heterocycles. The van der Waals surface area contributed by atoms with Crippen molar-refractivity contribution in [2.24, 2.45) is 0 Å². The highest BCUT2D eigenvalue weighted by Crippen LogP contribution is 2.35. The number of halogens is 1. The van der Waals surface area contributed by atoms with Crippen molar-refractivity contribution in [3.8, 4) is 11.5 Å². The monoisotopic (exact) mass is 553 g/mol. The average Bonchev–Trinajstić information content (AvgIpc) is 3.15. The van der Waals surface area contributed by atoms with Crippen molar-refractivity contribution < 1.29 is 28.8 Å². The second-order valence-electron chi connectivity index (χ2n) is 7.95. The Morgan fingerprint density at radius 2 is 1.87 bits per heavy atom. The molecule has 10 nitrogen and oxygen atoms in total. The zero-order valence-corrected chi connectivity index (χ0v) is 21.5. The average molecular weight is 554 g/mol. The van der Waals surface area contributed by atoms with E-state index in [-0.39, 0.29) is 17.2 Å². The Morgan fingerprint density at radius 3 is 2.55 bits per heavy atom. The number of imide groups is 1. The Bertz CT molecular complexity index is 1440. The van der Waals surface area contributed by atoms with Crippen molar-refractivity contribution in [1.82, 2.24) is 4.90 Å². The first-order chi connectivity index (χ1) is 18.2. The molecule has 3 amide bonds. The van der Waals surface area contributed by atoms with Crippen LogP contribution in [0.15, 0.2) is 71.6 Å². The van der Waals surface area contributed by atoms with Crippen LogP contribution in [0.2, 0.25) is 5.02 Å². The lowest BCUT2D eigenvalue weighted by Crippen LogP contribution is -2.36. The number of ether oxygens (including phenoxy) is 2. The molecule has 12 heteroatoms. The number of amides is 3. The number of nitro groups is 1. The van der Waals surface area contributed by atoms with Crippen molar-refractivity contribution in [3.05, 3.63) is 97.9 Å². The van der Waals surface area contributed by atoms with E-state index in [1.807, 2.05) is 0 Å². The lowest BCUT2D eigenvalue weighted by atomic mass is 10.1. The van der Waals surface area contributed by atoms with Gasteiger partial charge in [0.2, 0.25) is 5.91 Å². The molecule has 0 bridgehead atoms. The standard InChI is InChI=1S/C26H20ClN3O7S/c1-36-22-11-17(7-10-21(22)37-15-16-5-8-20(9-6-16)30(34)35)12-23-25(32)29(26(33)38-23)14-24(31)28-19-4-2-3-18(27)13-19/h2-13H,14-15H2,1H3,(H,28,31)/b23-12+. The van der Waals surface area contributed by atoms with E-state index in [2.05, 4.69) is 5.32 Å². The van der Waals surface area contributed by atoms with Crippen LogP contribution in [0.25, 0.3) is 6.08 Å². The molecule has 0 spiro atoms. The molecule has 0 aromatic heterocycles. The fourth-order valence-corrected chi connectivity index (χ4v) is 4.49. The van der Waals surface area contributed by atoms with Crippen LogP contribution in [0.5, 0.6) is 11.5 Å². The Balaban J connectivity index is 1.41. The largest absolute Gasteiger partial charge is 0.493 e. The van der Waals surface area contributed by atoms with E-state index in [0.717, 1.165) is 22.2 Å². The predicted molar refractivity (Wildman–Crippen MR) is 143 cm³/mol. The molecule has 1 saturated heterocycles. The molecule has 1 fully saturated rings. The van der Waals surface area contributed by atoms with E-state index in [1.165, 1.54) is 25.3 Å². The van der Waals surface area contributed by atoms with Crippen molar-refractivity contribution in [2.75, 3.05) is 19.0 Å². The van der Waals surface area contributed by atoms with Crippen molar-refractivity contribution in [2.45, 2.75) is 6.61 Å². The van der Waals surface area contributed by atoms with Gasteiger partial charge in [0.25, 0.3) is 16.8 Å².